The van der Waals surface area contributed by atoms with E-state index in [1.165, 1.54) is 0 Å². The molecule has 0 rings (SSSR count). The van der Waals surface area contributed by atoms with Crippen LogP contribution in [0.2, 0.25) is 0 Å². The van der Waals surface area contributed by atoms with Gasteiger partial charge in [-0.3, -0.25) is 0 Å². The Morgan fingerprint density at radius 3 is 2.44 bits per heavy atom. The van der Waals surface area contributed by atoms with Crippen molar-refractivity contribution >= 4 is 0 Å². The van der Waals surface area contributed by atoms with E-state index >= 15 is 0 Å². The van der Waals surface area contributed by atoms with E-state index in [1.54, 1.807) is 14.2 Å². The Balaban J connectivity index is 2.95. The van der Waals surface area contributed by atoms with Gasteiger partial charge in [-0.15, -0.1) is 0 Å². The molecule has 0 amide bonds. The van der Waals surface area contributed by atoms with Crippen LogP contribution in [0.4, 0.5) is 0 Å². The van der Waals surface area contributed by atoms with E-state index in [2.05, 4.69) is 0 Å². The van der Waals surface area contributed by atoms with E-state index in [0.29, 0.717) is 19.6 Å². The van der Waals surface area contributed by atoms with Gasteiger partial charge in [0.2, 0.25) is 0 Å². The second-order valence-electron chi connectivity index (χ2n) is 1.89. The fourth-order valence-electron chi connectivity index (χ4n) is 0.530. The van der Waals surface area contributed by atoms with Gasteiger partial charge in [-0.05, 0) is 6.42 Å². The lowest BCUT2D eigenvalue weighted by molar-refractivity contribution is 0.0408. The maximum Gasteiger partial charge on any atom is 0.0795 e. The molecular weight excluding hydrogens is 120 g/mol. The van der Waals surface area contributed by atoms with Gasteiger partial charge < -0.3 is 14.6 Å². The summed E-state index contributed by atoms with van der Waals surface area (Å²) < 4.78 is 9.44. The Kier molecular flexibility index (Phi) is 5.93. The molecule has 0 heterocycles. The third-order valence-electron chi connectivity index (χ3n) is 1.01. The summed E-state index contributed by atoms with van der Waals surface area (Å²) >= 11 is 0. The van der Waals surface area contributed by atoms with Crippen LogP contribution in [0.15, 0.2) is 0 Å². The molecule has 0 aliphatic rings. The van der Waals surface area contributed by atoms with Crippen LogP contribution in [0.1, 0.15) is 6.42 Å². The molecule has 3 nitrogen and oxygen atoms in total. The van der Waals surface area contributed by atoms with Crippen molar-refractivity contribution < 1.29 is 14.6 Å². The lowest BCUT2D eigenvalue weighted by Gasteiger charge is -2.06. The second kappa shape index (κ2) is 6.01. The molecule has 0 radical (unpaired) electrons. The fourth-order valence-corrected chi connectivity index (χ4v) is 0.530. The van der Waals surface area contributed by atoms with Gasteiger partial charge in [0.1, 0.15) is 0 Å². The molecule has 1 N–H and O–H groups in total. The van der Waals surface area contributed by atoms with Crippen molar-refractivity contribution in [1.29, 1.82) is 0 Å². The van der Waals surface area contributed by atoms with Crippen LogP contribution in [-0.2, 0) is 9.47 Å². The molecule has 9 heavy (non-hydrogen) atoms. The Hall–Kier alpha value is -0.120. The first kappa shape index (κ1) is 8.88. The van der Waals surface area contributed by atoms with Gasteiger partial charge in [0.05, 0.1) is 12.7 Å². The third kappa shape index (κ3) is 5.76. The average Bonchev–Trinajstić information content (AvgIpc) is 1.85. The Labute approximate surface area is 55.6 Å². The largest absolute Gasteiger partial charge is 0.391 e. The Morgan fingerprint density at radius 2 is 2.00 bits per heavy atom. The predicted molar refractivity (Wildman–Crippen MR) is 34.4 cm³/mol. The zero-order chi connectivity index (χ0) is 7.11. The van der Waals surface area contributed by atoms with Gasteiger partial charge in [-0.1, -0.05) is 0 Å². The SMILES string of the molecule is COCCC(O)COC. The van der Waals surface area contributed by atoms with Gasteiger partial charge in [0, 0.05) is 20.8 Å². The van der Waals surface area contributed by atoms with Crippen molar-refractivity contribution in [3.8, 4) is 0 Å². The van der Waals surface area contributed by atoms with Crippen molar-refractivity contribution in [3.05, 3.63) is 0 Å². The van der Waals surface area contributed by atoms with E-state index in [4.69, 9.17) is 14.6 Å². The second-order valence-corrected chi connectivity index (χ2v) is 1.89. The van der Waals surface area contributed by atoms with Crippen molar-refractivity contribution in [3.63, 3.8) is 0 Å². The standard InChI is InChI=1S/C6H14O3/c1-8-4-3-6(7)5-9-2/h6-7H,3-5H2,1-2H3. The van der Waals surface area contributed by atoms with Crippen molar-refractivity contribution in [2.75, 3.05) is 27.4 Å². The molecule has 0 aromatic rings. The summed E-state index contributed by atoms with van der Waals surface area (Å²) in [5, 5.41) is 8.98. The minimum absolute atomic E-state index is 0.380. The van der Waals surface area contributed by atoms with Crippen LogP contribution < -0.4 is 0 Å². The lowest BCUT2D eigenvalue weighted by Crippen LogP contribution is -2.15. The molecule has 0 bridgehead atoms. The quantitative estimate of drug-likeness (QED) is 0.576. The summed E-state index contributed by atoms with van der Waals surface area (Å²) in [6.07, 6.45) is 0.264. The smallest absolute Gasteiger partial charge is 0.0795 e. The monoisotopic (exact) mass is 134 g/mol. The minimum Gasteiger partial charge on any atom is -0.391 e. The predicted octanol–water partition coefficient (Wildman–Crippen LogP) is 0.0302. The molecule has 0 fully saturated rings. The molecule has 3 heteroatoms. The highest BCUT2D eigenvalue weighted by Gasteiger charge is 2.00. The molecule has 0 spiro atoms. The van der Waals surface area contributed by atoms with Crippen molar-refractivity contribution in [1.82, 2.24) is 0 Å². The van der Waals surface area contributed by atoms with Gasteiger partial charge in [0.15, 0.2) is 0 Å². The molecule has 0 aromatic carbocycles. The number of rotatable bonds is 5. The van der Waals surface area contributed by atoms with Crippen LogP contribution in [0.5, 0.6) is 0 Å². The van der Waals surface area contributed by atoms with Crippen LogP contribution in [0.3, 0.4) is 0 Å². The topological polar surface area (TPSA) is 38.7 Å². The maximum atomic E-state index is 8.98. The fraction of sp³-hybridized carbons (Fsp3) is 1.00. The van der Waals surface area contributed by atoms with Gasteiger partial charge in [-0.2, -0.15) is 0 Å². The number of aliphatic hydroxyl groups excluding tert-OH is 1. The maximum absolute atomic E-state index is 8.98. The summed E-state index contributed by atoms with van der Waals surface area (Å²) in [4.78, 5) is 0. The van der Waals surface area contributed by atoms with E-state index < -0.39 is 0 Å². The van der Waals surface area contributed by atoms with E-state index in [0.717, 1.165) is 0 Å². The molecule has 1 atom stereocenters. The Morgan fingerprint density at radius 1 is 1.33 bits per heavy atom. The first-order chi connectivity index (χ1) is 4.31. The van der Waals surface area contributed by atoms with Gasteiger partial charge in [-0.25, -0.2) is 0 Å². The Bertz CT molecular complexity index is 56.3. The van der Waals surface area contributed by atoms with Crippen molar-refractivity contribution in [2.24, 2.45) is 0 Å². The number of methoxy groups -OCH3 is 2. The summed E-state index contributed by atoms with van der Waals surface area (Å²) in [7, 11) is 3.18. The van der Waals surface area contributed by atoms with E-state index in [-0.39, 0.29) is 6.10 Å². The van der Waals surface area contributed by atoms with Gasteiger partial charge in [0.25, 0.3) is 0 Å². The first-order valence-electron chi connectivity index (χ1n) is 2.97. The molecule has 56 valence electrons. The number of ether oxygens (including phenoxy) is 2. The van der Waals surface area contributed by atoms with Crippen molar-refractivity contribution in [2.45, 2.75) is 12.5 Å². The summed E-state index contributed by atoms with van der Waals surface area (Å²) in [5.74, 6) is 0. The van der Waals surface area contributed by atoms with Crippen LogP contribution >= 0.6 is 0 Å². The molecule has 0 aromatic heterocycles. The molecule has 0 aliphatic carbocycles. The molecule has 0 saturated heterocycles. The molecule has 0 saturated carbocycles. The highest BCUT2D eigenvalue weighted by Crippen LogP contribution is 1.90. The average molecular weight is 134 g/mol. The normalized spacial score (nSPS) is 13.7. The minimum atomic E-state index is -0.380. The van der Waals surface area contributed by atoms with Crippen LogP contribution in [0, 0.1) is 0 Å². The van der Waals surface area contributed by atoms with E-state index in [9.17, 15) is 0 Å². The number of aliphatic hydroxyl groups is 1. The van der Waals surface area contributed by atoms with Crippen LogP contribution in [0.25, 0.3) is 0 Å². The first-order valence-corrected chi connectivity index (χ1v) is 2.97. The molecule has 0 aliphatic heterocycles. The summed E-state index contributed by atoms with van der Waals surface area (Å²) in [6, 6.07) is 0. The van der Waals surface area contributed by atoms with E-state index in [1.807, 2.05) is 0 Å². The lowest BCUT2D eigenvalue weighted by atomic mass is 10.3. The van der Waals surface area contributed by atoms with Gasteiger partial charge >= 0.3 is 0 Å². The zero-order valence-corrected chi connectivity index (χ0v) is 5.96. The third-order valence-corrected chi connectivity index (χ3v) is 1.01. The highest BCUT2D eigenvalue weighted by atomic mass is 16.5. The number of hydrogen-bond acceptors (Lipinski definition) is 3. The summed E-state index contributed by atoms with van der Waals surface area (Å²) in [5.41, 5.74) is 0. The van der Waals surface area contributed by atoms with Crippen LogP contribution in [-0.4, -0.2) is 38.6 Å². The molecular formula is C6H14O3. The zero-order valence-electron chi connectivity index (χ0n) is 5.96. The number of hydrogen-bond donors (Lipinski definition) is 1. The molecule has 1 unspecified atom stereocenters. The highest BCUT2D eigenvalue weighted by molar-refractivity contribution is 4.50. The summed E-state index contributed by atoms with van der Waals surface area (Å²) in [6.45, 7) is 0.980.